The number of hydrogen-bond acceptors (Lipinski definition) is 4. The molecule has 1 aliphatic heterocycles. The van der Waals surface area contributed by atoms with Gasteiger partial charge in [0.25, 0.3) is 0 Å². The Kier molecular flexibility index (Phi) is 4.92. The zero-order chi connectivity index (χ0) is 21.5. The lowest BCUT2D eigenvalue weighted by molar-refractivity contribution is -0.123. The third-order valence-corrected chi connectivity index (χ3v) is 5.39. The normalized spacial score (nSPS) is 20.0. The summed E-state index contributed by atoms with van der Waals surface area (Å²) in [5.41, 5.74) is -0.793. The van der Waals surface area contributed by atoms with E-state index in [0.29, 0.717) is 11.8 Å². The fourth-order valence-electron chi connectivity index (χ4n) is 3.99. The molecule has 0 bridgehead atoms. The van der Waals surface area contributed by atoms with Crippen LogP contribution >= 0.6 is 0 Å². The molecule has 1 N–H and O–H groups in total. The van der Waals surface area contributed by atoms with Crippen LogP contribution in [-0.2, 0) is 16.8 Å². The molecule has 4 rings (SSSR count). The van der Waals surface area contributed by atoms with Gasteiger partial charge in [0.1, 0.15) is 28.8 Å². The highest BCUT2D eigenvalue weighted by molar-refractivity contribution is 5.82. The number of Topliss-reactive ketones (excluding diaryl/α,β-unsaturated/α-hetero) is 1. The predicted molar refractivity (Wildman–Crippen MR) is 99.7 cm³/mol. The predicted octanol–water partition coefficient (Wildman–Crippen LogP) is 3.55. The van der Waals surface area contributed by atoms with Crippen LogP contribution in [0.3, 0.4) is 0 Å². The number of carbonyl (C=O) groups excluding carboxylic acids is 1. The van der Waals surface area contributed by atoms with E-state index in [-0.39, 0.29) is 36.0 Å². The van der Waals surface area contributed by atoms with E-state index >= 15 is 0 Å². The van der Waals surface area contributed by atoms with Crippen LogP contribution in [-0.4, -0.2) is 20.4 Å². The van der Waals surface area contributed by atoms with E-state index in [9.17, 15) is 23.1 Å². The van der Waals surface area contributed by atoms with E-state index in [1.807, 2.05) is 6.07 Å². The molecule has 30 heavy (non-hydrogen) atoms. The van der Waals surface area contributed by atoms with E-state index in [1.54, 1.807) is 4.57 Å². The van der Waals surface area contributed by atoms with E-state index < -0.39 is 34.9 Å². The van der Waals surface area contributed by atoms with Crippen molar-refractivity contribution in [1.82, 2.24) is 9.55 Å². The van der Waals surface area contributed by atoms with Crippen molar-refractivity contribution in [3.05, 3.63) is 88.8 Å². The molecule has 0 spiro atoms. The first-order valence-electron chi connectivity index (χ1n) is 9.20. The molecule has 0 aliphatic carbocycles. The van der Waals surface area contributed by atoms with Crippen molar-refractivity contribution in [2.45, 2.75) is 30.9 Å². The molecule has 5 nitrogen and oxygen atoms in total. The number of aliphatic hydroxyl groups is 1. The van der Waals surface area contributed by atoms with Crippen molar-refractivity contribution in [3.63, 3.8) is 0 Å². The third-order valence-electron chi connectivity index (χ3n) is 5.39. The van der Waals surface area contributed by atoms with Gasteiger partial charge >= 0.3 is 0 Å². The minimum atomic E-state index is -1.62. The number of hydrogen-bond donors (Lipinski definition) is 1. The maximum Gasteiger partial charge on any atom is 0.140 e. The third kappa shape index (κ3) is 3.48. The van der Waals surface area contributed by atoms with Crippen molar-refractivity contribution < 1.29 is 23.1 Å². The topological polar surface area (TPSA) is 78.9 Å². The summed E-state index contributed by atoms with van der Waals surface area (Å²) >= 11 is 0. The van der Waals surface area contributed by atoms with Gasteiger partial charge in [-0.25, -0.2) is 18.2 Å². The number of halogens is 3. The lowest BCUT2D eigenvalue weighted by Crippen LogP contribution is -2.27. The van der Waals surface area contributed by atoms with E-state index in [0.717, 1.165) is 12.1 Å². The van der Waals surface area contributed by atoms with Crippen LogP contribution in [0.4, 0.5) is 13.2 Å². The average Bonchev–Trinajstić information content (AvgIpc) is 3.27. The molecule has 0 unspecified atom stereocenters. The number of fused-ring (bicyclic) bond motifs is 1. The fourth-order valence-corrected chi connectivity index (χ4v) is 3.99. The number of imidazole rings is 1. The molecule has 2 atom stereocenters. The molecule has 1 aliphatic rings. The second-order valence-electron chi connectivity index (χ2n) is 7.41. The van der Waals surface area contributed by atoms with Gasteiger partial charge in [-0.3, -0.25) is 4.79 Å². The average molecular weight is 411 g/mol. The molecule has 8 heteroatoms. The summed E-state index contributed by atoms with van der Waals surface area (Å²) in [6, 6.07) is 8.28. The molecule has 1 aromatic heterocycles. The van der Waals surface area contributed by atoms with Gasteiger partial charge < -0.3 is 9.67 Å². The highest BCUT2D eigenvalue weighted by Gasteiger charge is 2.45. The quantitative estimate of drug-likeness (QED) is 0.696. The van der Waals surface area contributed by atoms with Crippen molar-refractivity contribution in [2.75, 3.05) is 0 Å². The first-order chi connectivity index (χ1) is 14.3. The molecule has 0 saturated heterocycles. The summed E-state index contributed by atoms with van der Waals surface area (Å²) in [6.07, 6.45) is 2.24. The van der Waals surface area contributed by atoms with Crippen LogP contribution in [0.25, 0.3) is 0 Å². The van der Waals surface area contributed by atoms with Gasteiger partial charge in [0.15, 0.2) is 0 Å². The van der Waals surface area contributed by atoms with Gasteiger partial charge in [-0.1, -0.05) is 12.1 Å². The molecule has 152 valence electrons. The summed E-state index contributed by atoms with van der Waals surface area (Å²) in [5.74, 6) is -2.61. The van der Waals surface area contributed by atoms with Crippen molar-refractivity contribution in [2.24, 2.45) is 0 Å². The number of rotatable bonds is 5. The molecule has 2 aromatic carbocycles. The zero-order valence-corrected chi connectivity index (χ0v) is 15.6. The van der Waals surface area contributed by atoms with Crippen LogP contribution in [0.15, 0.2) is 48.9 Å². The minimum Gasteiger partial charge on any atom is -0.383 e. The Labute approximate surface area is 170 Å². The lowest BCUT2D eigenvalue weighted by atomic mass is 9.87. The van der Waals surface area contributed by atoms with E-state index in [2.05, 4.69) is 4.98 Å². The zero-order valence-electron chi connectivity index (χ0n) is 15.6. The Hall–Kier alpha value is -3.44. The molecule has 0 amide bonds. The highest BCUT2D eigenvalue weighted by atomic mass is 19.1. The maximum absolute atomic E-state index is 14.6. The Morgan fingerprint density at radius 2 is 2.03 bits per heavy atom. The largest absolute Gasteiger partial charge is 0.383 e. The van der Waals surface area contributed by atoms with Crippen molar-refractivity contribution >= 4 is 5.78 Å². The molecule has 0 fully saturated rings. The second-order valence-corrected chi connectivity index (χ2v) is 7.41. The first kappa shape index (κ1) is 19.9. The van der Waals surface area contributed by atoms with Crippen LogP contribution < -0.4 is 0 Å². The van der Waals surface area contributed by atoms with Crippen LogP contribution in [0.1, 0.15) is 41.3 Å². The minimum absolute atomic E-state index is 0.0192. The van der Waals surface area contributed by atoms with E-state index in [4.69, 9.17) is 5.26 Å². The smallest absolute Gasteiger partial charge is 0.140 e. The molecular weight excluding hydrogens is 395 g/mol. The Bertz CT molecular complexity index is 1180. The maximum atomic E-state index is 14.6. The Morgan fingerprint density at radius 3 is 2.73 bits per heavy atom. The summed E-state index contributed by atoms with van der Waals surface area (Å²) in [7, 11) is 0. The van der Waals surface area contributed by atoms with Crippen molar-refractivity contribution in [1.29, 1.82) is 5.26 Å². The summed E-state index contributed by atoms with van der Waals surface area (Å²) in [5, 5.41) is 20.1. The number of nitrogens with zero attached hydrogens (tertiary/aromatic N) is 3. The molecular formula is C22H16F3N3O2. The van der Waals surface area contributed by atoms with Gasteiger partial charge in [0, 0.05) is 30.9 Å². The van der Waals surface area contributed by atoms with Gasteiger partial charge in [0.2, 0.25) is 0 Å². The Balaban J connectivity index is 1.59. The van der Waals surface area contributed by atoms with Crippen LogP contribution in [0.2, 0.25) is 0 Å². The molecule has 0 radical (unpaired) electrons. The number of benzene rings is 2. The van der Waals surface area contributed by atoms with Crippen molar-refractivity contribution in [3.8, 4) is 6.07 Å². The SMILES string of the molecule is N#Cc1ccc([C@H]2C[C@](O)(CC(=O)Cc3ccc(F)cc3F)c3cncn32)c(F)c1. The van der Waals surface area contributed by atoms with Gasteiger partial charge in [-0.05, 0) is 23.8 Å². The Morgan fingerprint density at radius 1 is 1.23 bits per heavy atom. The number of nitriles is 1. The number of ketones is 1. The van der Waals surface area contributed by atoms with Crippen LogP contribution in [0, 0.1) is 28.8 Å². The highest BCUT2D eigenvalue weighted by Crippen LogP contribution is 2.45. The van der Waals surface area contributed by atoms with Gasteiger partial charge in [-0.15, -0.1) is 0 Å². The lowest BCUT2D eigenvalue weighted by Gasteiger charge is -2.22. The standard InChI is InChI=1S/C22H16F3N3O2/c23-15-3-2-14(18(24)7-15)6-16(29)8-22(30)9-20(28-12-27-11-21(22)28)17-4-1-13(10-26)5-19(17)25/h1-5,7,11-12,20,30H,6,8-9H2/t20-,22-/m1/s1. The fraction of sp³-hybridized carbons (Fsp3) is 0.227. The van der Waals surface area contributed by atoms with Gasteiger partial charge in [0.05, 0.1) is 35.9 Å². The first-order valence-corrected chi connectivity index (χ1v) is 9.20. The monoisotopic (exact) mass is 411 g/mol. The summed E-state index contributed by atoms with van der Waals surface area (Å²) in [6.45, 7) is 0. The second kappa shape index (κ2) is 7.43. The molecule has 0 saturated carbocycles. The summed E-state index contributed by atoms with van der Waals surface area (Å²) < 4.78 is 43.1. The van der Waals surface area contributed by atoms with Crippen LogP contribution in [0.5, 0.6) is 0 Å². The molecule has 3 aromatic rings. The van der Waals surface area contributed by atoms with E-state index in [1.165, 1.54) is 30.7 Å². The number of aromatic nitrogens is 2. The number of carbonyl (C=O) groups is 1. The molecule has 2 heterocycles. The van der Waals surface area contributed by atoms with Gasteiger partial charge in [-0.2, -0.15) is 5.26 Å². The summed E-state index contributed by atoms with van der Waals surface area (Å²) in [4.78, 5) is 16.6.